The predicted molar refractivity (Wildman–Crippen MR) is 76.9 cm³/mol. The van der Waals surface area contributed by atoms with Crippen molar-refractivity contribution in [2.75, 3.05) is 0 Å². The Kier molecular flexibility index (Phi) is 5.24. The standard InChI is InChI=1S/C10H8N2.C4H11P/c1-3-7-11-9(5-1)10-6-2-4-8-12-10;1-4(2,3)5/h1-8H;5H2,1-3H3. The third kappa shape index (κ3) is 6.80. The molecule has 2 aromatic heterocycles. The molecule has 0 aliphatic carbocycles. The van der Waals surface area contributed by atoms with Crippen molar-refractivity contribution in [3.05, 3.63) is 48.8 Å². The number of hydrogen-bond donors (Lipinski definition) is 0. The Labute approximate surface area is 106 Å². The molecule has 0 saturated heterocycles. The summed E-state index contributed by atoms with van der Waals surface area (Å²) < 4.78 is 0. The first-order valence-electron chi connectivity index (χ1n) is 5.58. The number of aromatic nitrogens is 2. The van der Waals surface area contributed by atoms with Crippen molar-refractivity contribution in [1.29, 1.82) is 0 Å². The van der Waals surface area contributed by atoms with Crippen molar-refractivity contribution in [2.24, 2.45) is 0 Å². The Morgan fingerprint density at radius 2 is 1.18 bits per heavy atom. The molecule has 0 aliphatic heterocycles. The van der Waals surface area contributed by atoms with Crippen molar-refractivity contribution >= 4 is 9.24 Å². The van der Waals surface area contributed by atoms with Crippen LogP contribution in [0.4, 0.5) is 0 Å². The number of pyridine rings is 2. The summed E-state index contributed by atoms with van der Waals surface area (Å²) in [5, 5.41) is 0.417. The minimum Gasteiger partial charge on any atom is -0.255 e. The number of nitrogens with zero attached hydrogens (tertiary/aromatic N) is 2. The van der Waals surface area contributed by atoms with E-state index >= 15 is 0 Å². The van der Waals surface area contributed by atoms with Crippen molar-refractivity contribution in [3.8, 4) is 11.4 Å². The van der Waals surface area contributed by atoms with Gasteiger partial charge in [-0.15, -0.1) is 9.24 Å². The summed E-state index contributed by atoms with van der Waals surface area (Å²) >= 11 is 0. The molecule has 0 amide bonds. The van der Waals surface area contributed by atoms with Crippen LogP contribution in [0.1, 0.15) is 20.8 Å². The molecule has 0 bridgehead atoms. The molecule has 1 unspecified atom stereocenters. The first kappa shape index (κ1) is 13.8. The lowest BCUT2D eigenvalue weighted by Crippen LogP contribution is -1.97. The van der Waals surface area contributed by atoms with E-state index in [1.807, 2.05) is 36.4 Å². The molecule has 0 aromatic carbocycles. The first-order valence-corrected chi connectivity index (χ1v) is 6.16. The lowest BCUT2D eigenvalue weighted by molar-refractivity contribution is 0.804. The fraction of sp³-hybridized carbons (Fsp3) is 0.286. The fourth-order valence-corrected chi connectivity index (χ4v) is 1.03. The Morgan fingerprint density at radius 3 is 1.41 bits per heavy atom. The number of rotatable bonds is 1. The molecular weight excluding hydrogens is 227 g/mol. The molecule has 0 aliphatic rings. The van der Waals surface area contributed by atoms with Crippen molar-refractivity contribution in [1.82, 2.24) is 9.97 Å². The maximum absolute atomic E-state index is 4.19. The van der Waals surface area contributed by atoms with Gasteiger partial charge in [0.1, 0.15) is 0 Å². The molecule has 2 nitrogen and oxygen atoms in total. The van der Waals surface area contributed by atoms with Crippen LogP contribution in [0.25, 0.3) is 11.4 Å². The van der Waals surface area contributed by atoms with Crippen LogP contribution < -0.4 is 0 Å². The van der Waals surface area contributed by atoms with Gasteiger partial charge < -0.3 is 0 Å². The monoisotopic (exact) mass is 246 g/mol. The second-order valence-corrected chi connectivity index (χ2v) is 6.53. The first-order chi connectivity index (χ1) is 7.97. The van der Waals surface area contributed by atoms with E-state index < -0.39 is 0 Å². The van der Waals surface area contributed by atoms with E-state index in [2.05, 4.69) is 40.0 Å². The summed E-state index contributed by atoms with van der Waals surface area (Å²) in [4.78, 5) is 8.37. The van der Waals surface area contributed by atoms with Crippen LogP contribution in [0.5, 0.6) is 0 Å². The third-order valence-corrected chi connectivity index (χ3v) is 1.59. The Morgan fingerprint density at radius 1 is 0.824 bits per heavy atom. The molecule has 0 N–H and O–H groups in total. The Hall–Kier alpha value is -1.27. The van der Waals surface area contributed by atoms with Gasteiger partial charge in [0.15, 0.2) is 0 Å². The highest BCUT2D eigenvalue weighted by Gasteiger charge is 1.96. The van der Waals surface area contributed by atoms with Crippen LogP contribution in [0.3, 0.4) is 0 Å². The second kappa shape index (κ2) is 6.46. The van der Waals surface area contributed by atoms with Gasteiger partial charge in [0.05, 0.1) is 11.4 Å². The fourth-order valence-electron chi connectivity index (χ4n) is 1.03. The zero-order chi connectivity index (χ0) is 12.7. The molecule has 2 heterocycles. The summed E-state index contributed by atoms with van der Waals surface area (Å²) in [7, 11) is 2.72. The van der Waals surface area contributed by atoms with Gasteiger partial charge >= 0.3 is 0 Å². The van der Waals surface area contributed by atoms with E-state index in [0.29, 0.717) is 5.16 Å². The number of hydrogen-bond acceptors (Lipinski definition) is 2. The van der Waals surface area contributed by atoms with Crippen LogP contribution in [0, 0.1) is 0 Å². The van der Waals surface area contributed by atoms with E-state index in [0.717, 1.165) is 11.4 Å². The van der Waals surface area contributed by atoms with Crippen LogP contribution in [-0.4, -0.2) is 15.1 Å². The van der Waals surface area contributed by atoms with Gasteiger partial charge in [-0.05, 0) is 29.4 Å². The van der Waals surface area contributed by atoms with Crippen molar-refractivity contribution < 1.29 is 0 Å². The molecule has 17 heavy (non-hydrogen) atoms. The minimum absolute atomic E-state index is 0.417. The quantitative estimate of drug-likeness (QED) is 0.715. The SMILES string of the molecule is CC(C)(C)P.c1ccc(-c2ccccn2)nc1. The molecule has 0 radical (unpaired) electrons. The zero-order valence-corrected chi connectivity index (χ0v) is 11.7. The maximum atomic E-state index is 4.19. The van der Waals surface area contributed by atoms with E-state index in [-0.39, 0.29) is 0 Å². The second-order valence-electron chi connectivity index (χ2n) is 4.80. The molecule has 3 heteroatoms. The molecule has 90 valence electrons. The smallest absolute Gasteiger partial charge is 0.0886 e. The summed E-state index contributed by atoms with van der Waals surface area (Å²) in [6.45, 7) is 6.45. The third-order valence-electron chi connectivity index (χ3n) is 1.59. The van der Waals surface area contributed by atoms with Gasteiger partial charge in [0.2, 0.25) is 0 Å². The maximum Gasteiger partial charge on any atom is 0.0886 e. The van der Waals surface area contributed by atoms with E-state index in [1.54, 1.807) is 12.4 Å². The molecule has 0 spiro atoms. The average Bonchev–Trinajstić information content (AvgIpc) is 2.29. The van der Waals surface area contributed by atoms with E-state index in [4.69, 9.17) is 0 Å². The van der Waals surface area contributed by atoms with Crippen LogP contribution in [-0.2, 0) is 0 Å². The van der Waals surface area contributed by atoms with Crippen LogP contribution in [0.2, 0.25) is 0 Å². The molecule has 2 aromatic rings. The summed E-state index contributed by atoms with van der Waals surface area (Å²) in [5.74, 6) is 0. The largest absolute Gasteiger partial charge is 0.255 e. The Bertz CT molecular complexity index is 377. The highest BCUT2D eigenvalue weighted by Crippen LogP contribution is 2.12. The highest BCUT2D eigenvalue weighted by atomic mass is 31.0. The molecule has 1 atom stereocenters. The highest BCUT2D eigenvalue weighted by molar-refractivity contribution is 7.18. The Balaban J connectivity index is 0.000000249. The normalized spacial score (nSPS) is 10.4. The summed E-state index contributed by atoms with van der Waals surface area (Å²) in [5.41, 5.74) is 1.83. The van der Waals surface area contributed by atoms with Gasteiger partial charge in [0, 0.05) is 12.4 Å². The van der Waals surface area contributed by atoms with Crippen molar-refractivity contribution in [2.45, 2.75) is 25.9 Å². The van der Waals surface area contributed by atoms with Gasteiger partial charge in [-0.25, -0.2) is 0 Å². The minimum atomic E-state index is 0.417. The van der Waals surface area contributed by atoms with Gasteiger partial charge in [-0.1, -0.05) is 32.9 Å². The molecule has 2 rings (SSSR count). The average molecular weight is 246 g/mol. The predicted octanol–water partition coefficient (Wildman–Crippen LogP) is 3.80. The summed E-state index contributed by atoms with van der Waals surface area (Å²) in [6.07, 6.45) is 3.54. The lowest BCUT2D eigenvalue weighted by Gasteiger charge is -2.05. The van der Waals surface area contributed by atoms with E-state index in [1.165, 1.54) is 0 Å². The molecule has 0 fully saturated rings. The summed E-state index contributed by atoms with van der Waals surface area (Å²) in [6, 6.07) is 11.6. The van der Waals surface area contributed by atoms with Gasteiger partial charge in [0.25, 0.3) is 0 Å². The lowest BCUT2D eigenvalue weighted by atomic mass is 10.2. The molecule has 0 saturated carbocycles. The van der Waals surface area contributed by atoms with Gasteiger partial charge in [-0.2, -0.15) is 0 Å². The van der Waals surface area contributed by atoms with E-state index in [9.17, 15) is 0 Å². The van der Waals surface area contributed by atoms with Crippen LogP contribution >= 0.6 is 9.24 Å². The van der Waals surface area contributed by atoms with Crippen LogP contribution in [0.15, 0.2) is 48.8 Å². The van der Waals surface area contributed by atoms with Crippen molar-refractivity contribution in [3.63, 3.8) is 0 Å². The topological polar surface area (TPSA) is 25.8 Å². The molecular formula is C14H19N2P. The van der Waals surface area contributed by atoms with Gasteiger partial charge in [-0.3, -0.25) is 9.97 Å². The zero-order valence-electron chi connectivity index (χ0n) is 10.6.